The number of aromatic nitrogens is 6. The van der Waals surface area contributed by atoms with E-state index in [4.69, 9.17) is 4.74 Å². The van der Waals surface area contributed by atoms with Gasteiger partial charge < -0.3 is 10.1 Å². The summed E-state index contributed by atoms with van der Waals surface area (Å²) >= 11 is 3.49. The van der Waals surface area contributed by atoms with Crippen LogP contribution in [-0.4, -0.2) is 48.3 Å². The molecule has 0 fully saturated rings. The van der Waals surface area contributed by atoms with Crippen molar-refractivity contribution in [3.8, 4) is 0 Å². The van der Waals surface area contributed by atoms with E-state index in [1.54, 1.807) is 32.5 Å². The van der Waals surface area contributed by atoms with Gasteiger partial charge in [-0.1, -0.05) is 0 Å². The highest BCUT2D eigenvalue weighted by atomic mass is 79.9. The molecule has 0 unspecified atom stereocenters. The molecule has 11 heteroatoms. The smallest absolute Gasteiger partial charge is 0.360 e. The second-order valence-electron chi connectivity index (χ2n) is 6.06. The van der Waals surface area contributed by atoms with E-state index in [0.717, 1.165) is 15.9 Å². The number of hydrogen-bond donors (Lipinski definition) is 1. The van der Waals surface area contributed by atoms with Crippen molar-refractivity contribution >= 4 is 33.5 Å². The van der Waals surface area contributed by atoms with Crippen molar-refractivity contribution in [1.29, 1.82) is 0 Å². The lowest BCUT2D eigenvalue weighted by atomic mass is 10.3. The lowest BCUT2D eigenvalue weighted by Gasteiger charge is -2.05. The van der Waals surface area contributed by atoms with Gasteiger partial charge in [0.15, 0.2) is 11.4 Å². The van der Waals surface area contributed by atoms with Crippen molar-refractivity contribution in [2.75, 3.05) is 12.4 Å². The molecule has 3 aromatic rings. The van der Waals surface area contributed by atoms with Crippen LogP contribution in [0.2, 0.25) is 0 Å². The largest absolute Gasteiger partial charge is 0.464 e. The van der Waals surface area contributed by atoms with E-state index in [0.29, 0.717) is 13.2 Å². The third kappa shape index (κ3) is 3.84. The Bertz CT molecular complexity index is 1030. The lowest BCUT2D eigenvalue weighted by Crippen LogP contribution is -2.17. The van der Waals surface area contributed by atoms with Gasteiger partial charge in [-0.15, -0.1) is 0 Å². The number of ether oxygens (including phenoxy) is 1. The molecule has 3 aromatic heterocycles. The number of esters is 1. The van der Waals surface area contributed by atoms with Gasteiger partial charge in [-0.25, -0.2) is 9.48 Å². The number of halogens is 1. The van der Waals surface area contributed by atoms with E-state index in [9.17, 15) is 9.59 Å². The van der Waals surface area contributed by atoms with Crippen molar-refractivity contribution in [2.24, 2.45) is 0 Å². The first-order chi connectivity index (χ1) is 13.3. The number of methoxy groups -OCH3 is 1. The van der Waals surface area contributed by atoms with Gasteiger partial charge in [0.1, 0.15) is 6.67 Å². The van der Waals surface area contributed by atoms with Crippen LogP contribution < -0.4 is 5.32 Å². The highest BCUT2D eigenvalue weighted by molar-refractivity contribution is 9.10. The zero-order valence-electron chi connectivity index (χ0n) is 15.9. The first-order valence-corrected chi connectivity index (χ1v) is 9.33. The molecule has 1 amide bonds. The number of anilines is 1. The molecule has 0 aromatic carbocycles. The summed E-state index contributed by atoms with van der Waals surface area (Å²) in [5.41, 5.74) is 2.38. The summed E-state index contributed by atoms with van der Waals surface area (Å²) in [6, 6.07) is 1.60. The van der Waals surface area contributed by atoms with Gasteiger partial charge in [-0.05, 0) is 42.8 Å². The van der Waals surface area contributed by atoms with Crippen molar-refractivity contribution in [2.45, 2.75) is 34.0 Å². The highest BCUT2D eigenvalue weighted by Gasteiger charge is 2.20. The number of nitrogens with one attached hydrogen (secondary N) is 1. The van der Waals surface area contributed by atoms with E-state index in [1.165, 1.54) is 7.11 Å². The molecule has 1 N–H and O–H groups in total. The molecule has 0 saturated heterocycles. The molecule has 148 valence electrons. The Morgan fingerprint density at radius 2 is 1.96 bits per heavy atom. The number of amides is 1. The number of aryl methyl sites for hydroxylation is 2. The van der Waals surface area contributed by atoms with Gasteiger partial charge >= 0.3 is 5.97 Å². The third-order valence-electron chi connectivity index (χ3n) is 4.16. The average Bonchev–Trinajstić information content (AvgIpc) is 3.37. The third-order valence-corrected chi connectivity index (χ3v) is 5.31. The molecule has 28 heavy (non-hydrogen) atoms. The molecule has 0 atom stereocenters. The monoisotopic (exact) mass is 449 g/mol. The fourth-order valence-corrected chi connectivity index (χ4v) is 2.90. The maximum atomic E-state index is 12.6. The number of carbonyl (C=O) groups is 2. The van der Waals surface area contributed by atoms with Gasteiger partial charge in [0.05, 0.1) is 28.7 Å². The van der Waals surface area contributed by atoms with Crippen molar-refractivity contribution < 1.29 is 14.3 Å². The summed E-state index contributed by atoms with van der Waals surface area (Å²) < 4.78 is 10.6. The fraction of sp³-hybridized carbons (Fsp3) is 0.353. The van der Waals surface area contributed by atoms with Crippen LogP contribution in [-0.2, 0) is 18.0 Å². The van der Waals surface area contributed by atoms with E-state index in [2.05, 4.69) is 36.5 Å². The molecule has 0 aliphatic rings. The van der Waals surface area contributed by atoms with Crippen LogP contribution in [0, 0.1) is 13.8 Å². The van der Waals surface area contributed by atoms with E-state index in [-0.39, 0.29) is 17.1 Å². The molecule has 3 rings (SSSR count). The molecule has 0 saturated carbocycles. The van der Waals surface area contributed by atoms with Gasteiger partial charge in [0.25, 0.3) is 5.91 Å². The van der Waals surface area contributed by atoms with E-state index < -0.39 is 11.9 Å². The fourth-order valence-electron chi connectivity index (χ4n) is 2.62. The zero-order chi connectivity index (χ0) is 20.4. The maximum Gasteiger partial charge on any atom is 0.360 e. The number of hydrogen-bond acceptors (Lipinski definition) is 6. The minimum Gasteiger partial charge on any atom is -0.464 e. The highest BCUT2D eigenvalue weighted by Crippen LogP contribution is 2.20. The average molecular weight is 450 g/mol. The van der Waals surface area contributed by atoms with Crippen molar-refractivity contribution in [1.82, 2.24) is 29.3 Å². The molecule has 0 aliphatic heterocycles. The topological polar surface area (TPSA) is 109 Å². The summed E-state index contributed by atoms with van der Waals surface area (Å²) in [5.74, 6) is -1.07. The Balaban J connectivity index is 1.77. The number of rotatable bonds is 6. The second kappa shape index (κ2) is 7.97. The summed E-state index contributed by atoms with van der Waals surface area (Å²) in [6.07, 6.45) is 3.27. The first kappa shape index (κ1) is 19.8. The normalized spacial score (nSPS) is 10.9. The van der Waals surface area contributed by atoms with E-state index >= 15 is 0 Å². The van der Waals surface area contributed by atoms with Gasteiger partial charge in [0, 0.05) is 18.9 Å². The molecular weight excluding hydrogens is 430 g/mol. The molecule has 0 radical (unpaired) electrons. The van der Waals surface area contributed by atoms with Crippen LogP contribution in [0.4, 0.5) is 5.69 Å². The molecule has 10 nitrogen and oxygen atoms in total. The van der Waals surface area contributed by atoms with Crippen LogP contribution in [0.25, 0.3) is 0 Å². The minimum atomic E-state index is -0.622. The predicted octanol–water partition coefficient (Wildman–Crippen LogP) is 2.22. The number of nitrogens with zero attached hydrogens (tertiary/aromatic N) is 6. The Morgan fingerprint density at radius 3 is 2.57 bits per heavy atom. The van der Waals surface area contributed by atoms with Crippen LogP contribution >= 0.6 is 15.9 Å². The summed E-state index contributed by atoms with van der Waals surface area (Å²) in [6.45, 7) is 6.64. The Kier molecular flexibility index (Phi) is 5.63. The number of carbonyl (C=O) groups excluding carboxylic acids is 2. The van der Waals surface area contributed by atoms with Crippen LogP contribution in [0.1, 0.15) is 39.3 Å². The predicted molar refractivity (Wildman–Crippen MR) is 104 cm³/mol. The van der Waals surface area contributed by atoms with E-state index in [1.807, 2.05) is 20.8 Å². The second-order valence-corrected chi connectivity index (χ2v) is 6.85. The van der Waals surface area contributed by atoms with Gasteiger partial charge in [-0.2, -0.15) is 15.3 Å². The maximum absolute atomic E-state index is 12.6. The Hall–Kier alpha value is -2.95. The van der Waals surface area contributed by atoms with Gasteiger partial charge in [0.2, 0.25) is 0 Å². The zero-order valence-corrected chi connectivity index (χ0v) is 17.5. The van der Waals surface area contributed by atoms with Crippen molar-refractivity contribution in [3.05, 3.63) is 45.7 Å². The quantitative estimate of drug-likeness (QED) is 0.577. The van der Waals surface area contributed by atoms with Gasteiger partial charge in [-0.3, -0.25) is 14.2 Å². The summed E-state index contributed by atoms with van der Waals surface area (Å²) in [7, 11) is 1.26. The summed E-state index contributed by atoms with van der Waals surface area (Å²) in [4.78, 5) is 24.4. The Morgan fingerprint density at radius 1 is 1.21 bits per heavy atom. The molecule has 3 heterocycles. The standard InChI is InChI=1S/C17H20BrN7O3/c1-5-23-8-13(15(22-23)17(27)28-4)19-16(26)12-6-7-24(21-12)9-25-11(3)14(18)10(2)20-25/h6-8H,5,9H2,1-4H3,(H,19,26). The first-order valence-electron chi connectivity index (χ1n) is 8.54. The van der Waals surface area contributed by atoms with Crippen LogP contribution in [0.3, 0.4) is 0 Å². The molecule has 0 bridgehead atoms. The van der Waals surface area contributed by atoms with Crippen LogP contribution in [0.5, 0.6) is 0 Å². The molecular formula is C17H20BrN7O3. The van der Waals surface area contributed by atoms with Crippen LogP contribution in [0.15, 0.2) is 22.9 Å². The Labute approximate surface area is 169 Å². The lowest BCUT2D eigenvalue weighted by molar-refractivity contribution is 0.0594. The summed E-state index contributed by atoms with van der Waals surface area (Å²) in [5, 5.41) is 15.5. The minimum absolute atomic E-state index is 0.0459. The van der Waals surface area contributed by atoms with Crippen molar-refractivity contribution in [3.63, 3.8) is 0 Å². The molecule has 0 aliphatic carbocycles. The molecule has 0 spiro atoms. The SMILES string of the molecule is CCn1cc(NC(=O)c2ccn(Cn3nc(C)c(Br)c3C)n2)c(C(=O)OC)n1.